The first-order valence-corrected chi connectivity index (χ1v) is 4.49. The molecule has 0 saturated heterocycles. The zero-order valence-corrected chi connectivity index (χ0v) is 7.86. The SMILES string of the molecule is CC(=O)Nc1ccn(C2CC(=O)C2)n1. The Kier molecular flexibility index (Phi) is 2.07. The summed E-state index contributed by atoms with van der Waals surface area (Å²) >= 11 is 0. The Bertz CT molecular complexity index is 375. The predicted molar refractivity (Wildman–Crippen MR) is 49.8 cm³/mol. The van der Waals surface area contributed by atoms with Crippen LogP contribution in [0.1, 0.15) is 25.8 Å². The maximum atomic E-state index is 10.8. The van der Waals surface area contributed by atoms with Crippen molar-refractivity contribution < 1.29 is 9.59 Å². The second-order valence-electron chi connectivity index (χ2n) is 3.46. The lowest BCUT2D eigenvalue weighted by Gasteiger charge is -2.23. The molecule has 1 aromatic rings. The number of aromatic nitrogens is 2. The highest BCUT2D eigenvalue weighted by Gasteiger charge is 2.28. The number of carbonyl (C=O) groups excluding carboxylic acids is 2. The summed E-state index contributed by atoms with van der Waals surface area (Å²) in [5, 5.41) is 6.72. The number of anilines is 1. The van der Waals surface area contributed by atoms with Crippen LogP contribution in [0.25, 0.3) is 0 Å². The van der Waals surface area contributed by atoms with Crippen molar-refractivity contribution in [1.82, 2.24) is 9.78 Å². The predicted octanol–water partition coefficient (Wildman–Crippen LogP) is 0.745. The van der Waals surface area contributed by atoms with Crippen LogP contribution < -0.4 is 5.32 Å². The van der Waals surface area contributed by atoms with Gasteiger partial charge in [0.1, 0.15) is 5.78 Å². The van der Waals surface area contributed by atoms with E-state index < -0.39 is 0 Å². The third-order valence-electron chi connectivity index (χ3n) is 2.21. The topological polar surface area (TPSA) is 64.0 Å². The van der Waals surface area contributed by atoms with Gasteiger partial charge in [0.05, 0.1) is 6.04 Å². The molecule has 0 bridgehead atoms. The van der Waals surface area contributed by atoms with Crippen molar-refractivity contribution in [3.63, 3.8) is 0 Å². The molecule has 1 amide bonds. The fourth-order valence-corrected chi connectivity index (χ4v) is 1.44. The van der Waals surface area contributed by atoms with Crippen LogP contribution in [-0.4, -0.2) is 21.5 Å². The number of Topliss-reactive ketones (excluding diaryl/α,β-unsaturated/α-hetero) is 1. The molecular formula is C9H11N3O2. The molecule has 1 aromatic heterocycles. The number of rotatable bonds is 2. The van der Waals surface area contributed by atoms with E-state index in [1.807, 2.05) is 0 Å². The average Bonchev–Trinajstić information content (AvgIpc) is 2.46. The largest absolute Gasteiger partial charge is 0.309 e. The normalized spacial score (nSPS) is 16.5. The van der Waals surface area contributed by atoms with E-state index in [9.17, 15) is 9.59 Å². The van der Waals surface area contributed by atoms with Gasteiger partial charge in [-0.3, -0.25) is 14.3 Å². The Morgan fingerprint density at radius 3 is 2.93 bits per heavy atom. The monoisotopic (exact) mass is 193 g/mol. The van der Waals surface area contributed by atoms with E-state index in [0.717, 1.165) is 0 Å². The summed E-state index contributed by atoms with van der Waals surface area (Å²) in [5.41, 5.74) is 0. The van der Waals surface area contributed by atoms with Crippen LogP contribution in [-0.2, 0) is 9.59 Å². The van der Waals surface area contributed by atoms with Crippen molar-refractivity contribution in [1.29, 1.82) is 0 Å². The lowest BCUT2D eigenvalue weighted by molar-refractivity contribution is -0.126. The van der Waals surface area contributed by atoms with Gasteiger partial charge in [-0.1, -0.05) is 0 Å². The van der Waals surface area contributed by atoms with Crippen LogP contribution in [0, 0.1) is 0 Å². The molecule has 5 heteroatoms. The highest BCUT2D eigenvalue weighted by molar-refractivity contribution is 5.87. The van der Waals surface area contributed by atoms with Gasteiger partial charge in [0.25, 0.3) is 0 Å². The van der Waals surface area contributed by atoms with Crippen molar-refractivity contribution in [2.24, 2.45) is 0 Å². The zero-order valence-electron chi connectivity index (χ0n) is 7.86. The summed E-state index contributed by atoms with van der Waals surface area (Å²) in [5.74, 6) is 0.670. The zero-order chi connectivity index (χ0) is 10.1. The molecule has 0 aliphatic heterocycles. The molecule has 0 unspecified atom stereocenters. The number of nitrogens with one attached hydrogen (secondary N) is 1. The van der Waals surface area contributed by atoms with Crippen LogP contribution in [0.4, 0.5) is 5.82 Å². The van der Waals surface area contributed by atoms with Gasteiger partial charge in [0, 0.05) is 32.0 Å². The molecule has 14 heavy (non-hydrogen) atoms. The lowest BCUT2D eigenvalue weighted by Crippen LogP contribution is -2.27. The molecule has 0 atom stereocenters. The molecular weight excluding hydrogens is 182 g/mol. The van der Waals surface area contributed by atoms with Gasteiger partial charge in [-0.25, -0.2) is 0 Å². The molecule has 0 spiro atoms. The van der Waals surface area contributed by atoms with E-state index in [1.165, 1.54) is 6.92 Å². The highest BCUT2D eigenvalue weighted by Crippen LogP contribution is 2.27. The molecule has 1 aliphatic carbocycles. The summed E-state index contributed by atoms with van der Waals surface area (Å²) in [4.78, 5) is 21.5. The Morgan fingerprint density at radius 2 is 2.36 bits per heavy atom. The van der Waals surface area contributed by atoms with Gasteiger partial charge < -0.3 is 5.32 Å². The first kappa shape index (κ1) is 8.93. The minimum atomic E-state index is -0.139. The Morgan fingerprint density at radius 1 is 1.64 bits per heavy atom. The molecule has 74 valence electrons. The second kappa shape index (κ2) is 3.25. The number of amides is 1. The van der Waals surface area contributed by atoms with Crippen molar-refractivity contribution >= 4 is 17.5 Å². The average molecular weight is 193 g/mol. The summed E-state index contributed by atoms with van der Waals surface area (Å²) in [6, 6.07) is 1.91. The number of nitrogens with zero attached hydrogens (tertiary/aromatic N) is 2. The summed E-state index contributed by atoms with van der Waals surface area (Å²) in [7, 11) is 0. The molecule has 1 heterocycles. The summed E-state index contributed by atoms with van der Waals surface area (Å²) in [6.45, 7) is 1.44. The summed E-state index contributed by atoms with van der Waals surface area (Å²) in [6.07, 6.45) is 2.89. The van der Waals surface area contributed by atoms with Crippen LogP contribution in [0.15, 0.2) is 12.3 Å². The van der Waals surface area contributed by atoms with Crippen molar-refractivity contribution in [2.45, 2.75) is 25.8 Å². The van der Waals surface area contributed by atoms with Gasteiger partial charge in [-0.2, -0.15) is 5.10 Å². The van der Waals surface area contributed by atoms with E-state index in [-0.39, 0.29) is 17.7 Å². The molecule has 2 rings (SSSR count). The third kappa shape index (κ3) is 1.66. The maximum absolute atomic E-state index is 10.8. The third-order valence-corrected chi connectivity index (χ3v) is 2.21. The van der Waals surface area contributed by atoms with E-state index in [2.05, 4.69) is 10.4 Å². The van der Waals surface area contributed by atoms with Gasteiger partial charge in [-0.05, 0) is 0 Å². The fourth-order valence-electron chi connectivity index (χ4n) is 1.44. The number of hydrogen-bond donors (Lipinski definition) is 1. The molecule has 1 saturated carbocycles. The number of carbonyl (C=O) groups is 2. The van der Waals surface area contributed by atoms with Gasteiger partial charge in [0.2, 0.25) is 5.91 Å². The standard InChI is InChI=1S/C9H11N3O2/c1-6(13)10-9-2-3-12(11-9)7-4-8(14)5-7/h2-3,7H,4-5H2,1H3,(H,10,11,13). The smallest absolute Gasteiger partial charge is 0.222 e. The molecule has 1 aliphatic rings. The van der Waals surface area contributed by atoms with E-state index >= 15 is 0 Å². The minimum absolute atomic E-state index is 0.139. The molecule has 1 N–H and O–H groups in total. The quantitative estimate of drug-likeness (QED) is 0.753. The van der Waals surface area contributed by atoms with E-state index in [4.69, 9.17) is 0 Å². The first-order chi connectivity index (χ1) is 6.65. The molecule has 5 nitrogen and oxygen atoms in total. The van der Waals surface area contributed by atoms with Crippen LogP contribution >= 0.6 is 0 Å². The molecule has 0 radical (unpaired) electrons. The summed E-state index contributed by atoms with van der Waals surface area (Å²) < 4.78 is 1.73. The van der Waals surface area contributed by atoms with E-state index in [0.29, 0.717) is 18.7 Å². The van der Waals surface area contributed by atoms with Gasteiger partial charge >= 0.3 is 0 Å². The molecule has 1 fully saturated rings. The van der Waals surface area contributed by atoms with Gasteiger partial charge in [-0.15, -0.1) is 0 Å². The maximum Gasteiger partial charge on any atom is 0.222 e. The first-order valence-electron chi connectivity index (χ1n) is 4.49. The molecule has 0 aromatic carbocycles. The lowest BCUT2D eigenvalue weighted by atomic mass is 9.92. The Labute approximate surface area is 81.1 Å². The van der Waals surface area contributed by atoms with Gasteiger partial charge in [0.15, 0.2) is 5.82 Å². The minimum Gasteiger partial charge on any atom is -0.309 e. The van der Waals surface area contributed by atoms with Crippen LogP contribution in [0.3, 0.4) is 0 Å². The highest BCUT2D eigenvalue weighted by atomic mass is 16.1. The van der Waals surface area contributed by atoms with Crippen LogP contribution in [0.2, 0.25) is 0 Å². The van der Waals surface area contributed by atoms with Crippen molar-refractivity contribution in [3.05, 3.63) is 12.3 Å². The van der Waals surface area contributed by atoms with Crippen molar-refractivity contribution in [3.8, 4) is 0 Å². The Balaban J connectivity index is 2.03. The number of ketones is 1. The van der Waals surface area contributed by atoms with Crippen LogP contribution in [0.5, 0.6) is 0 Å². The van der Waals surface area contributed by atoms with E-state index in [1.54, 1.807) is 16.9 Å². The number of hydrogen-bond acceptors (Lipinski definition) is 3. The fraction of sp³-hybridized carbons (Fsp3) is 0.444. The van der Waals surface area contributed by atoms with Crippen molar-refractivity contribution in [2.75, 3.05) is 5.32 Å². The Hall–Kier alpha value is -1.65. The second-order valence-corrected chi connectivity index (χ2v) is 3.46.